The molecule has 0 unspecified atom stereocenters. The first-order valence-corrected chi connectivity index (χ1v) is 8.12. The topological polar surface area (TPSA) is 80.1 Å². The molecular weight excluding hydrogens is 306 g/mol. The molecular formula is C17H21N5O2. The van der Waals surface area contributed by atoms with Crippen LogP contribution in [-0.4, -0.2) is 39.8 Å². The highest BCUT2D eigenvalue weighted by atomic mass is 16.2. The van der Waals surface area contributed by atoms with Crippen LogP contribution in [0.15, 0.2) is 41.3 Å². The lowest BCUT2D eigenvalue weighted by Gasteiger charge is -2.33. The van der Waals surface area contributed by atoms with Crippen molar-refractivity contribution >= 4 is 11.7 Å². The Labute approximate surface area is 140 Å². The number of aryl methyl sites for hydroxylation is 1. The average Bonchev–Trinajstić information content (AvgIpc) is 2.59. The lowest BCUT2D eigenvalue weighted by Crippen LogP contribution is -2.49. The Balaban J connectivity index is 1.60. The summed E-state index contributed by atoms with van der Waals surface area (Å²) in [7, 11) is 0. The van der Waals surface area contributed by atoms with Crippen molar-refractivity contribution in [1.82, 2.24) is 20.1 Å². The second-order valence-electron chi connectivity index (χ2n) is 6.01. The highest BCUT2D eigenvalue weighted by Gasteiger charge is 2.22. The summed E-state index contributed by atoms with van der Waals surface area (Å²) >= 11 is 0. The number of hydrogen-bond acceptors (Lipinski definition) is 5. The minimum atomic E-state index is -0.269. The van der Waals surface area contributed by atoms with Crippen LogP contribution in [0.1, 0.15) is 18.5 Å². The fraction of sp³-hybridized carbons (Fsp3) is 0.412. The molecule has 2 aromatic heterocycles. The van der Waals surface area contributed by atoms with E-state index in [-0.39, 0.29) is 24.1 Å². The van der Waals surface area contributed by atoms with Crippen LogP contribution in [0.4, 0.5) is 5.82 Å². The maximum atomic E-state index is 12.2. The van der Waals surface area contributed by atoms with Crippen LogP contribution in [0.2, 0.25) is 0 Å². The molecule has 7 heteroatoms. The van der Waals surface area contributed by atoms with Gasteiger partial charge in [-0.3, -0.25) is 9.59 Å². The number of rotatable bonds is 4. The minimum absolute atomic E-state index is 0.0498. The van der Waals surface area contributed by atoms with Gasteiger partial charge in [0.25, 0.3) is 5.56 Å². The van der Waals surface area contributed by atoms with Crippen LogP contribution in [0, 0.1) is 6.92 Å². The zero-order valence-corrected chi connectivity index (χ0v) is 13.7. The zero-order valence-electron chi connectivity index (χ0n) is 13.7. The first-order chi connectivity index (χ1) is 11.6. The molecule has 0 aliphatic carbocycles. The van der Waals surface area contributed by atoms with Gasteiger partial charge in [-0.25, -0.2) is 9.67 Å². The fourth-order valence-electron chi connectivity index (χ4n) is 2.92. The number of nitrogens with zero attached hydrogens (tertiary/aromatic N) is 4. The maximum Gasteiger partial charge on any atom is 0.267 e. The summed E-state index contributed by atoms with van der Waals surface area (Å²) in [5, 5.41) is 7.10. The monoisotopic (exact) mass is 327 g/mol. The van der Waals surface area contributed by atoms with Crippen molar-refractivity contribution in [3.8, 4) is 0 Å². The third-order valence-corrected chi connectivity index (χ3v) is 4.05. The van der Waals surface area contributed by atoms with Gasteiger partial charge in [0.2, 0.25) is 5.91 Å². The Hall–Kier alpha value is -2.70. The number of piperidine rings is 1. The molecule has 3 rings (SSSR count). The molecule has 3 heterocycles. The van der Waals surface area contributed by atoms with Crippen LogP contribution in [0.5, 0.6) is 0 Å². The molecule has 1 saturated heterocycles. The van der Waals surface area contributed by atoms with E-state index < -0.39 is 0 Å². The van der Waals surface area contributed by atoms with Crippen LogP contribution < -0.4 is 15.8 Å². The van der Waals surface area contributed by atoms with Crippen molar-refractivity contribution in [2.75, 3.05) is 18.0 Å². The number of carbonyl (C=O) groups is 1. The quantitative estimate of drug-likeness (QED) is 0.895. The largest absolute Gasteiger partial charge is 0.355 e. The van der Waals surface area contributed by atoms with Crippen molar-refractivity contribution in [2.45, 2.75) is 32.4 Å². The molecule has 1 amide bonds. The summed E-state index contributed by atoms with van der Waals surface area (Å²) in [6, 6.07) is 8.94. The van der Waals surface area contributed by atoms with Crippen molar-refractivity contribution in [1.29, 1.82) is 0 Å². The molecule has 1 aliphatic heterocycles. The van der Waals surface area contributed by atoms with Crippen molar-refractivity contribution < 1.29 is 4.79 Å². The van der Waals surface area contributed by atoms with Gasteiger partial charge < -0.3 is 10.2 Å². The Morgan fingerprint density at radius 3 is 3.00 bits per heavy atom. The van der Waals surface area contributed by atoms with Gasteiger partial charge >= 0.3 is 0 Å². The summed E-state index contributed by atoms with van der Waals surface area (Å²) < 4.78 is 1.20. The SMILES string of the molecule is Cc1ccc(=O)n(CC(=O)N[C@H]2CCCN(c3ccccn3)C2)n1. The number of pyridine rings is 1. The summed E-state index contributed by atoms with van der Waals surface area (Å²) in [5.74, 6) is 0.732. The Kier molecular flexibility index (Phi) is 4.88. The fourth-order valence-corrected chi connectivity index (χ4v) is 2.92. The van der Waals surface area contributed by atoms with E-state index in [0.717, 1.165) is 31.7 Å². The minimum Gasteiger partial charge on any atom is -0.355 e. The molecule has 7 nitrogen and oxygen atoms in total. The Morgan fingerprint density at radius 1 is 1.33 bits per heavy atom. The summed E-state index contributed by atoms with van der Waals surface area (Å²) in [4.78, 5) is 30.5. The van der Waals surface area contributed by atoms with Crippen molar-refractivity contribution in [2.24, 2.45) is 0 Å². The smallest absolute Gasteiger partial charge is 0.267 e. The van der Waals surface area contributed by atoms with E-state index in [1.165, 1.54) is 10.7 Å². The van der Waals surface area contributed by atoms with E-state index in [1.54, 1.807) is 19.2 Å². The summed E-state index contributed by atoms with van der Waals surface area (Å²) in [6.45, 7) is 3.39. The molecule has 1 aliphatic rings. The number of hydrogen-bond donors (Lipinski definition) is 1. The van der Waals surface area contributed by atoms with Crippen molar-refractivity contribution in [3.05, 3.63) is 52.6 Å². The maximum absolute atomic E-state index is 12.2. The van der Waals surface area contributed by atoms with E-state index in [9.17, 15) is 9.59 Å². The molecule has 1 N–H and O–H groups in total. The molecule has 126 valence electrons. The van der Waals surface area contributed by atoms with Gasteiger partial charge in [-0.15, -0.1) is 0 Å². The van der Waals surface area contributed by atoms with Gasteiger partial charge in [-0.2, -0.15) is 5.10 Å². The highest BCUT2D eigenvalue weighted by Crippen LogP contribution is 2.17. The predicted octanol–water partition coefficient (Wildman–Crippen LogP) is 0.732. The molecule has 0 saturated carbocycles. The van der Waals surface area contributed by atoms with E-state index in [4.69, 9.17) is 0 Å². The highest BCUT2D eigenvalue weighted by molar-refractivity contribution is 5.76. The summed E-state index contributed by atoms with van der Waals surface area (Å²) in [5.41, 5.74) is 0.441. The van der Waals surface area contributed by atoms with Crippen LogP contribution >= 0.6 is 0 Å². The number of anilines is 1. The predicted molar refractivity (Wildman–Crippen MR) is 90.8 cm³/mol. The van der Waals surface area contributed by atoms with Crippen molar-refractivity contribution in [3.63, 3.8) is 0 Å². The number of carbonyl (C=O) groups excluding carboxylic acids is 1. The second kappa shape index (κ2) is 7.25. The third kappa shape index (κ3) is 3.98. The molecule has 0 bridgehead atoms. The first-order valence-electron chi connectivity index (χ1n) is 8.12. The molecule has 1 atom stereocenters. The van der Waals surface area contributed by atoms with E-state index in [1.807, 2.05) is 18.2 Å². The van der Waals surface area contributed by atoms with E-state index in [0.29, 0.717) is 5.69 Å². The van der Waals surface area contributed by atoms with Crippen LogP contribution in [0.3, 0.4) is 0 Å². The number of amides is 1. The standard InChI is InChI=1S/C17H21N5O2/c1-13-7-8-17(24)22(20-13)12-16(23)19-14-5-4-10-21(11-14)15-6-2-3-9-18-15/h2-3,6-9,14H,4-5,10-12H2,1H3,(H,19,23)/t14-/m0/s1. The second-order valence-corrected chi connectivity index (χ2v) is 6.01. The van der Waals surface area contributed by atoms with Gasteiger partial charge in [-0.05, 0) is 38.0 Å². The normalized spacial score (nSPS) is 17.5. The first kappa shape index (κ1) is 16.2. The lowest BCUT2D eigenvalue weighted by molar-refractivity contribution is -0.122. The third-order valence-electron chi connectivity index (χ3n) is 4.05. The van der Waals surface area contributed by atoms with Gasteiger partial charge in [0.15, 0.2) is 0 Å². The van der Waals surface area contributed by atoms with E-state index >= 15 is 0 Å². The Bertz CT molecular complexity index is 759. The molecule has 0 spiro atoms. The van der Waals surface area contributed by atoms with Gasteiger partial charge in [0.1, 0.15) is 12.4 Å². The molecule has 0 aromatic carbocycles. The number of aromatic nitrogens is 3. The molecule has 2 aromatic rings. The molecule has 24 heavy (non-hydrogen) atoms. The summed E-state index contributed by atoms with van der Waals surface area (Å²) in [6.07, 6.45) is 3.68. The lowest BCUT2D eigenvalue weighted by atomic mass is 10.1. The number of nitrogens with one attached hydrogen (secondary N) is 1. The Morgan fingerprint density at radius 2 is 2.21 bits per heavy atom. The van der Waals surface area contributed by atoms with Gasteiger partial charge in [-0.1, -0.05) is 6.07 Å². The van der Waals surface area contributed by atoms with Gasteiger partial charge in [0.05, 0.1) is 5.69 Å². The van der Waals surface area contributed by atoms with Crippen LogP contribution in [0.25, 0.3) is 0 Å². The van der Waals surface area contributed by atoms with E-state index in [2.05, 4.69) is 20.3 Å². The average molecular weight is 327 g/mol. The zero-order chi connectivity index (χ0) is 16.9. The molecule has 1 fully saturated rings. The van der Waals surface area contributed by atoms with Gasteiger partial charge in [0, 0.05) is 31.4 Å². The van der Waals surface area contributed by atoms with Crippen LogP contribution in [-0.2, 0) is 11.3 Å². The molecule has 0 radical (unpaired) electrons.